The summed E-state index contributed by atoms with van der Waals surface area (Å²) in [7, 11) is -2.98. The Hall–Kier alpha value is -0.620. The molecule has 6 heteroatoms. The Morgan fingerprint density at radius 2 is 1.81 bits per heavy atom. The molecule has 1 amide bonds. The molecule has 0 aromatic rings. The molecule has 0 radical (unpaired) electrons. The van der Waals surface area contributed by atoms with Crippen LogP contribution in [0.15, 0.2) is 0 Å². The fourth-order valence-electron chi connectivity index (χ4n) is 3.51. The zero-order valence-corrected chi connectivity index (χ0v) is 14.0. The van der Waals surface area contributed by atoms with E-state index in [4.69, 9.17) is 0 Å². The summed E-state index contributed by atoms with van der Waals surface area (Å²) >= 11 is 0. The van der Waals surface area contributed by atoms with E-state index in [1.807, 2.05) is 0 Å². The molecule has 122 valence electrons. The first-order valence-electron chi connectivity index (χ1n) is 8.14. The van der Waals surface area contributed by atoms with E-state index < -0.39 is 9.84 Å². The lowest BCUT2D eigenvalue weighted by Crippen LogP contribution is -2.55. The summed E-state index contributed by atoms with van der Waals surface area (Å²) in [5.41, 5.74) is 0. The maximum absolute atomic E-state index is 12.6. The van der Waals surface area contributed by atoms with Crippen LogP contribution in [0.2, 0.25) is 0 Å². The summed E-state index contributed by atoms with van der Waals surface area (Å²) in [6, 6.07) is -0.336. The van der Waals surface area contributed by atoms with Crippen molar-refractivity contribution in [3.8, 4) is 0 Å². The summed E-state index contributed by atoms with van der Waals surface area (Å²) in [6.45, 7) is 6.07. The van der Waals surface area contributed by atoms with Gasteiger partial charge in [0.1, 0.15) is 0 Å². The third-order valence-corrected chi connectivity index (χ3v) is 6.31. The molecule has 0 bridgehead atoms. The van der Waals surface area contributed by atoms with Crippen molar-refractivity contribution in [1.29, 1.82) is 0 Å². The molecule has 0 unspecified atom stereocenters. The first kappa shape index (κ1) is 16.7. The van der Waals surface area contributed by atoms with Crippen molar-refractivity contribution in [3.05, 3.63) is 0 Å². The number of likely N-dealkylation sites (tertiary alicyclic amines) is 1. The van der Waals surface area contributed by atoms with E-state index in [2.05, 4.69) is 24.1 Å². The number of nitrogens with one attached hydrogen (secondary N) is 1. The van der Waals surface area contributed by atoms with Crippen molar-refractivity contribution in [1.82, 2.24) is 10.2 Å². The van der Waals surface area contributed by atoms with Gasteiger partial charge in [-0.25, -0.2) is 8.42 Å². The van der Waals surface area contributed by atoms with E-state index >= 15 is 0 Å². The van der Waals surface area contributed by atoms with E-state index in [0.717, 1.165) is 32.4 Å². The first-order valence-corrected chi connectivity index (χ1v) is 9.96. The van der Waals surface area contributed by atoms with E-state index in [1.165, 1.54) is 6.42 Å². The van der Waals surface area contributed by atoms with Gasteiger partial charge < -0.3 is 5.32 Å². The number of carbonyl (C=O) groups is 1. The highest BCUT2D eigenvalue weighted by Gasteiger charge is 2.33. The van der Waals surface area contributed by atoms with Gasteiger partial charge in [-0.05, 0) is 44.7 Å². The molecule has 2 atom stereocenters. The van der Waals surface area contributed by atoms with Crippen LogP contribution in [0.1, 0.15) is 46.0 Å². The second kappa shape index (κ2) is 7.09. The fourth-order valence-corrected chi connectivity index (χ4v) is 5.15. The maximum atomic E-state index is 12.6. The van der Waals surface area contributed by atoms with Crippen LogP contribution in [0, 0.1) is 5.92 Å². The molecular formula is C15H28N2O3S. The minimum Gasteiger partial charge on any atom is -0.351 e. The SMILES string of the molecule is CC(C)[C@H](C(=O)N[C@H]1CCCS(=O)(=O)C1)N1CCCCC1. The van der Waals surface area contributed by atoms with E-state index in [1.54, 1.807) is 0 Å². The Morgan fingerprint density at radius 3 is 2.38 bits per heavy atom. The largest absolute Gasteiger partial charge is 0.351 e. The van der Waals surface area contributed by atoms with Gasteiger partial charge in [0.2, 0.25) is 5.91 Å². The number of rotatable bonds is 4. The lowest BCUT2D eigenvalue weighted by Gasteiger charge is -2.37. The number of hydrogen-bond acceptors (Lipinski definition) is 4. The van der Waals surface area contributed by atoms with Crippen LogP contribution in [-0.4, -0.2) is 55.9 Å². The van der Waals surface area contributed by atoms with Crippen molar-refractivity contribution in [2.45, 2.75) is 58.0 Å². The summed E-state index contributed by atoms with van der Waals surface area (Å²) in [4.78, 5) is 14.9. The van der Waals surface area contributed by atoms with Gasteiger partial charge in [-0.1, -0.05) is 20.3 Å². The van der Waals surface area contributed by atoms with Crippen molar-refractivity contribution < 1.29 is 13.2 Å². The molecule has 2 rings (SSSR count). The van der Waals surface area contributed by atoms with Crippen LogP contribution in [0.25, 0.3) is 0 Å². The monoisotopic (exact) mass is 316 g/mol. The van der Waals surface area contributed by atoms with Gasteiger partial charge in [0.25, 0.3) is 0 Å². The molecule has 21 heavy (non-hydrogen) atoms. The molecule has 1 N–H and O–H groups in total. The molecule has 0 spiro atoms. The Balaban J connectivity index is 1.98. The van der Waals surface area contributed by atoms with Gasteiger partial charge in [-0.2, -0.15) is 0 Å². The lowest BCUT2D eigenvalue weighted by atomic mass is 9.98. The molecule has 0 aliphatic carbocycles. The van der Waals surface area contributed by atoms with Gasteiger partial charge >= 0.3 is 0 Å². The van der Waals surface area contributed by atoms with Crippen LogP contribution < -0.4 is 5.32 Å². The molecule has 0 aromatic carbocycles. The first-order chi connectivity index (χ1) is 9.89. The number of carbonyl (C=O) groups excluding carboxylic acids is 1. The number of nitrogens with zero attached hydrogens (tertiary/aromatic N) is 1. The Labute approximate surface area is 128 Å². The zero-order valence-electron chi connectivity index (χ0n) is 13.2. The Bertz CT molecular complexity index is 456. The molecular weight excluding hydrogens is 288 g/mol. The van der Waals surface area contributed by atoms with E-state index in [-0.39, 0.29) is 35.4 Å². The van der Waals surface area contributed by atoms with Crippen molar-refractivity contribution in [2.75, 3.05) is 24.6 Å². The minimum atomic E-state index is -2.98. The number of hydrogen-bond donors (Lipinski definition) is 1. The summed E-state index contributed by atoms with van der Waals surface area (Å²) in [5, 5.41) is 2.99. The van der Waals surface area contributed by atoms with Crippen molar-refractivity contribution >= 4 is 15.7 Å². The average molecular weight is 316 g/mol. The second-order valence-corrected chi connectivity index (χ2v) is 8.98. The highest BCUT2D eigenvalue weighted by molar-refractivity contribution is 7.91. The summed E-state index contributed by atoms with van der Waals surface area (Å²) in [6.07, 6.45) is 4.96. The summed E-state index contributed by atoms with van der Waals surface area (Å²) < 4.78 is 23.4. The summed E-state index contributed by atoms with van der Waals surface area (Å²) in [5.74, 6) is 0.611. The van der Waals surface area contributed by atoms with Gasteiger partial charge in [0.05, 0.1) is 17.5 Å². The second-order valence-electron chi connectivity index (χ2n) is 6.75. The standard InChI is InChI=1S/C15H28N2O3S/c1-12(2)14(17-8-4-3-5-9-17)15(18)16-13-7-6-10-21(19,20)11-13/h12-14H,3-11H2,1-2H3,(H,16,18)/t13-,14+/m0/s1. The molecule has 0 saturated carbocycles. The third-order valence-electron chi connectivity index (χ3n) is 4.49. The normalized spacial score (nSPS) is 28.2. The highest BCUT2D eigenvalue weighted by Crippen LogP contribution is 2.19. The van der Waals surface area contributed by atoms with Crippen molar-refractivity contribution in [2.24, 2.45) is 5.92 Å². The molecule has 2 saturated heterocycles. The Morgan fingerprint density at radius 1 is 1.14 bits per heavy atom. The smallest absolute Gasteiger partial charge is 0.237 e. The maximum Gasteiger partial charge on any atom is 0.237 e. The third kappa shape index (κ3) is 4.68. The quantitative estimate of drug-likeness (QED) is 0.846. The van der Waals surface area contributed by atoms with Crippen LogP contribution in [-0.2, 0) is 14.6 Å². The minimum absolute atomic E-state index is 0.00833. The topological polar surface area (TPSA) is 66.5 Å². The lowest BCUT2D eigenvalue weighted by molar-refractivity contribution is -0.129. The van der Waals surface area contributed by atoms with Crippen molar-refractivity contribution in [3.63, 3.8) is 0 Å². The van der Waals surface area contributed by atoms with E-state index in [0.29, 0.717) is 6.42 Å². The fraction of sp³-hybridized carbons (Fsp3) is 0.933. The highest BCUT2D eigenvalue weighted by atomic mass is 32.2. The van der Waals surface area contributed by atoms with Gasteiger partial charge in [-0.15, -0.1) is 0 Å². The molecule has 2 heterocycles. The van der Waals surface area contributed by atoms with Crippen LogP contribution >= 0.6 is 0 Å². The number of sulfone groups is 1. The predicted octanol–water partition coefficient (Wildman–Crippen LogP) is 1.19. The Kier molecular flexibility index (Phi) is 5.66. The predicted molar refractivity (Wildman–Crippen MR) is 83.9 cm³/mol. The molecule has 2 aliphatic heterocycles. The molecule has 2 aliphatic rings. The van der Waals surface area contributed by atoms with Crippen LogP contribution in [0.4, 0.5) is 0 Å². The molecule has 2 fully saturated rings. The van der Waals surface area contributed by atoms with Gasteiger partial charge in [-0.3, -0.25) is 9.69 Å². The average Bonchev–Trinajstić information content (AvgIpc) is 2.38. The van der Waals surface area contributed by atoms with Gasteiger partial charge in [0, 0.05) is 6.04 Å². The van der Waals surface area contributed by atoms with E-state index in [9.17, 15) is 13.2 Å². The van der Waals surface area contributed by atoms with Crippen LogP contribution in [0.5, 0.6) is 0 Å². The van der Waals surface area contributed by atoms with Gasteiger partial charge in [0.15, 0.2) is 9.84 Å². The molecule has 5 nitrogen and oxygen atoms in total. The molecule has 0 aromatic heterocycles. The number of amides is 1. The van der Waals surface area contributed by atoms with Crippen LogP contribution in [0.3, 0.4) is 0 Å². The zero-order chi connectivity index (χ0) is 15.5. The number of piperidine rings is 1.